The van der Waals surface area contributed by atoms with E-state index < -0.39 is 48.3 Å². The van der Waals surface area contributed by atoms with E-state index in [0.29, 0.717) is 17.7 Å². The molecule has 0 spiro atoms. The van der Waals surface area contributed by atoms with E-state index in [1.807, 2.05) is 31.2 Å². The van der Waals surface area contributed by atoms with Crippen LogP contribution in [0.5, 0.6) is 0 Å². The molecule has 264 valence electrons. The maximum atomic E-state index is 14.3. The van der Waals surface area contributed by atoms with E-state index in [2.05, 4.69) is 15.5 Å². The van der Waals surface area contributed by atoms with Gasteiger partial charge >= 0.3 is 11.9 Å². The van der Waals surface area contributed by atoms with Gasteiger partial charge < -0.3 is 24.9 Å². The monoisotopic (exact) mass is 732 g/mol. The van der Waals surface area contributed by atoms with E-state index in [1.165, 1.54) is 25.2 Å². The second-order valence-corrected chi connectivity index (χ2v) is 13.0. The number of esters is 1. The number of fused-ring (bicyclic) bond motifs is 1. The number of nitrogens with zero attached hydrogens (tertiary/aromatic N) is 3. The van der Waals surface area contributed by atoms with Crippen molar-refractivity contribution in [3.63, 3.8) is 0 Å². The molecule has 2 N–H and O–H groups in total. The molecule has 0 aliphatic carbocycles. The Morgan fingerprint density at radius 2 is 1.65 bits per heavy atom. The Labute approximate surface area is 303 Å². The minimum Gasteiger partial charge on any atom is -0.481 e. The molecule has 1 aliphatic rings. The number of oxime groups is 1. The summed E-state index contributed by atoms with van der Waals surface area (Å²) in [7, 11) is 1.28. The van der Waals surface area contributed by atoms with Crippen LogP contribution in [0.1, 0.15) is 52.6 Å². The molecular weight excluding hydrogens is 699 g/mol. The molecule has 3 aromatic carbocycles. The number of carbonyl (C=O) groups excluding carboxylic acids is 4. The molecule has 2 unspecified atom stereocenters. The average Bonchev–Trinajstić information content (AvgIpc) is 3.55. The molecular formula is C37H34Cl2N4O8. The number of hydrogen-bond donors (Lipinski definition) is 2. The van der Waals surface area contributed by atoms with Crippen molar-refractivity contribution in [3.05, 3.63) is 112 Å². The van der Waals surface area contributed by atoms with Gasteiger partial charge in [-0.05, 0) is 35.9 Å². The first-order valence-electron chi connectivity index (χ1n) is 15.9. The molecule has 51 heavy (non-hydrogen) atoms. The Morgan fingerprint density at radius 1 is 0.980 bits per heavy atom. The lowest BCUT2D eigenvalue weighted by Crippen LogP contribution is -2.53. The third-order valence-electron chi connectivity index (χ3n) is 8.47. The van der Waals surface area contributed by atoms with Crippen molar-refractivity contribution in [1.29, 1.82) is 0 Å². The van der Waals surface area contributed by atoms with E-state index in [-0.39, 0.29) is 46.1 Å². The predicted octanol–water partition coefficient (Wildman–Crippen LogP) is 5.70. The van der Waals surface area contributed by atoms with Gasteiger partial charge in [-0.25, -0.2) is 4.79 Å². The molecule has 1 aliphatic heterocycles. The number of nitrogens with one attached hydrogen (secondary N) is 1. The van der Waals surface area contributed by atoms with Crippen LogP contribution in [0.3, 0.4) is 0 Å². The highest BCUT2D eigenvalue weighted by Gasteiger charge is 2.51. The first-order chi connectivity index (χ1) is 24.4. The molecule has 12 nitrogen and oxygen atoms in total. The van der Waals surface area contributed by atoms with Crippen LogP contribution in [0.15, 0.2) is 90.2 Å². The zero-order chi connectivity index (χ0) is 36.7. The lowest BCUT2D eigenvalue weighted by molar-refractivity contribution is -0.161. The molecule has 4 aromatic rings. The van der Waals surface area contributed by atoms with Crippen molar-refractivity contribution in [3.8, 4) is 0 Å². The van der Waals surface area contributed by atoms with Crippen molar-refractivity contribution in [2.45, 2.75) is 37.8 Å². The van der Waals surface area contributed by atoms with Gasteiger partial charge in [0.25, 0.3) is 11.8 Å². The molecule has 0 radical (unpaired) electrons. The van der Waals surface area contributed by atoms with Crippen LogP contribution in [0.4, 0.5) is 0 Å². The normalized spacial score (nSPS) is 16.4. The number of hydrogen-bond acceptors (Lipinski definition) is 9. The Balaban J connectivity index is 1.27. The van der Waals surface area contributed by atoms with Crippen LogP contribution < -0.4 is 5.32 Å². The largest absolute Gasteiger partial charge is 0.481 e. The summed E-state index contributed by atoms with van der Waals surface area (Å²) >= 11 is 12.2. The topological polar surface area (TPSA) is 165 Å². The van der Waals surface area contributed by atoms with E-state index in [4.69, 9.17) is 32.8 Å². The summed E-state index contributed by atoms with van der Waals surface area (Å²) < 4.78 is 5.15. The standard InChI is InChI=1S/C37H34Cl2N4O8/c1-22(19-41-34(47)29-16-23-9-6-7-10-24(23)20-40-29)15-26-18-37(51-42-26,25-11-4-3-5-12-25)36(49)43(2)30(17-32(45)46)31(44)21-50-35(48)33-27(38)13-8-14-28(33)39/h3-14,16,20,22,30H,15,17-19,21H2,1-2H3,(H,41,47)(H,45,46)/t22?,30-,37?/m0/s1. The molecule has 2 heterocycles. The lowest BCUT2D eigenvalue weighted by atomic mass is 9.85. The van der Waals surface area contributed by atoms with Gasteiger partial charge in [-0.3, -0.25) is 24.2 Å². The van der Waals surface area contributed by atoms with Gasteiger partial charge in [0.15, 0.2) is 12.4 Å². The maximum Gasteiger partial charge on any atom is 0.341 e. The number of halogens is 2. The van der Waals surface area contributed by atoms with Gasteiger partial charge in [-0.1, -0.05) is 95.9 Å². The fraction of sp³-hybridized carbons (Fsp3) is 0.270. The van der Waals surface area contributed by atoms with Gasteiger partial charge in [-0.2, -0.15) is 0 Å². The molecule has 0 fully saturated rings. The van der Waals surface area contributed by atoms with Crippen LogP contribution in [-0.2, 0) is 29.6 Å². The summed E-state index contributed by atoms with van der Waals surface area (Å²) in [6.45, 7) is 1.34. The summed E-state index contributed by atoms with van der Waals surface area (Å²) in [5.74, 6) is -4.38. The number of amides is 2. The summed E-state index contributed by atoms with van der Waals surface area (Å²) in [6.07, 6.45) is 1.23. The van der Waals surface area contributed by atoms with Gasteiger partial charge in [0.05, 0.1) is 27.7 Å². The average molecular weight is 734 g/mol. The Bertz CT molecular complexity index is 1990. The smallest absolute Gasteiger partial charge is 0.341 e. The van der Waals surface area contributed by atoms with Crippen LogP contribution in [-0.4, -0.2) is 76.5 Å². The van der Waals surface area contributed by atoms with E-state index in [9.17, 15) is 29.1 Å². The van der Waals surface area contributed by atoms with Crippen molar-refractivity contribution in [2.24, 2.45) is 11.1 Å². The quantitative estimate of drug-likeness (QED) is 0.155. The molecule has 5 rings (SSSR count). The predicted molar refractivity (Wildman–Crippen MR) is 190 cm³/mol. The van der Waals surface area contributed by atoms with Gasteiger partial charge in [0.2, 0.25) is 5.60 Å². The molecule has 0 bridgehead atoms. The molecule has 0 saturated carbocycles. The maximum absolute atomic E-state index is 14.3. The number of benzene rings is 3. The van der Waals surface area contributed by atoms with Gasteiger partial charge in [0.1, 0.15) is 11.7 Å². The number of pyridine rings is 1. The number of ketones is 1. The first-order valence-corrected chi connectivity index (χ1v) is 16.7. The van der Waals surface area contributed by atoms with Crippen LogP contribution >= 0.6 is 23.2 Å². The number of aromatic nitrogens is 1. The molecule has 14 heteroatoms. The van der Waals surface area contributed by atoms with E-state index in [0.717, 1.165) is 15.7 Å². The van der Waals surface area contributed by atoms with Gasteiger partial charge in [-0.15, -0.1) is 0 Å². The number of aliphatic carboxylic acids is 1. The fourth-order valence-corrected chi connectivity index (χ4v) is 6.35. The zero-order valence-electron chi connectivity index (χ0n) is 27.7. The highest BCUT2D eigenvalue weighted by Crippen LogP contribution is 2.38. The minimum atomic E-state index is -1.72. The zero-order valence-corrected chi connectivity index (χ0v) is 29.2. The molecule has 3 atom stereocenters. The highest BCUT2D eigenvalue weighted by atomic mass is 35.5. The summed E-state index contributed by atoms with van der Waals surface area (Å²) in [6, 6.07) is 20.7. The van der Waals surface area contributed by atoms with Crippen LogP contribution in [0.2, 0.25) is 10.0 Å². The summed E-state index contributed by atoms with van der Waals surface area (Å²) in [5, 5.41) is 18.6. The number of likely N-dealkylation sites (N-methyl/N-ethyl adjacent to an activating group) is 1. The summed E-state index contributed by atoms with van der Waals surface area (Å²) in [5.41, 5.74) is -0.628. The second-order valence-electron chi connectivity index (χ2n) is 12.2. The van der Waals surface area contributed by atoms with Crippen LogP contribution in [0.25, 0.3) is 10.8 Å². The number of Topliss-reactive ketones (excluding diaryl/α,β-unsaturated/α-hetero) is 1. The minimum absolute atomic E-state index is 0.00131. The van der Waals surface area contributed by atoms with Crippen molar-refractivity contribution in [1.82, 2.24) is 15.2 Å². The summed E-state index contributed by atoms with van der Waals surface area (Å²) in [4.78, 5) is 76.3. The third kappa shape index (κ3) is 8.53. The van der Waals surface area contributed by atoms with Crippen molar-refractivity contribution < 1.29 is 38.7 Å². The molecule has 2 amide bonds. The van der Waals surface area contributed by atoms with Crippen molar-refractivity contribution in [2.75, 3.05) is 20.2 Å². The van der Waals surface area contributed by atoms with E-state index >= 15 is 0 Å². The number of rotatable bonds is 14. The third-order valence-corrected chi connectivity index (χ3v) is 9.10. The number of carbonyl (C=O) groups is 5. The number of ether oxygens (including phenoxy) is 1. The Kier molecular flexibility index (Phi) is 11.7. The first kappa shape index (κ1) is 36.9. The second kappa shape index (κ2) is 16.1. The van der Waals surface area contributed by atoms with E-state index in [1.54, 1.807) is 42.6 Å². The highest BCUT2D eigenvalue weighted by molar-refractivity contribution is 6.39. The SMILES string of the molecule is CC(CNC(=O)c1cc2ccccc2cn1)CC1=NOC(C(=O)N(C)[C@@H](CC(=O)O)C(=O)COC(=O)c2c(Cl)cccc2Cl)(c2ccccc2)C1. The Hall–Kier alpha value is -5.33. The fourth-order valence-electron chi connectivity index (χ4n) is 5.80. The lowest BCUT2D eigenvalue weighted by Gasteiger charge is -2.34. The number of carboxylic acids is 1. The number of carboxylic acid groups (broad SMARTS) is 1. The van der Waals surface area contributed by atoms with Crippen molar-refractivity contribution >= 4 is 69.2 Å². The molecule has 0 saturated heterocycles. The van der Waals surface area contributed by atoms with Crippen LogP contribution in [0, 0.1) is 5.92 Å². The van der Waals surface area contributed by atoms with Gasteiger partial charge in [0, 0.05) is 37.2 Å². The Morgan fingerprint density at radius 3 is 2.33 bits per heavy atom. The molecule has 1 aromatic heterocycles.